The van der Waals surface area contributed by atoms with Crippen LogP contribution in [-0.2, 0) is 4.57 Å². The molecule has 0 radical (unpaired) electrons. The van der Waals surface area contributed by atoms with Gasteiger partial charge in [0.05, 0.1) is 0 Å². The summed E-state index contributed by atoms with van der Waals surface area (Å²) in [5.41, 5.74) is 0. The van der Waals surface area contributed by atoms with E-state index in [1.165, 1.54) is 6.66 Å². The summed E-state index contributed by atoms with van der Waals surface area (Å²) in [6, 6.07) is 0. The van der Waals surface area contributed by atoms with Crippen molar-refractivity contribution in [3.05, 3.63) is 0 Å². The Morgan fingerprint density at radius 2 is 1.83 bits per heavy atom. The molecule has 0 aromatic heterocycles. The zero-order valence-corrected chi connectivity index (χ0v) is 5.60. The van der Waals surface area contributed by atoms with Crippen LogP contribution in [0.2, 0.25) is 0 Å². The molecule has 1 nitrogen and oxygen atoms in total. The molecule has 0 aliphatic rings. The molecule has 0 aromatic carbocycles. The first kappa shape index (κ1) is 6.68. The van der Waals surface area contributed by atoms with Crippen LogP contribution >= 0.6 is 31.0 Å². The smallest absolute Gasteiger partial charge is 0.0719 e. The summed E-state index contributed by atoms with van der Waals surface area (Å²) in [5.74, 6) is 0. The third-order valence-electron chi connectivity index (χ3n) is 0.275. The van der Waals surface area contributed by atoms with Crippen LogP contribution in [0.5, 0.6) is 0 Å². The standard InChI is InChI=1S/C2H4Cl2OP/c1-6(5)2(3)4/h2H,1H3/q+1. The fourth-order valence-electron chi connectivity index (χ4n) is 0. The Morgan fingerprint density at radius 1 is 1.67 bits per heavy atom. The minimum absolute atomic E-state index is 0.694. The van der Waals surface area contributed by atoms with Gasteiger partial charge in [0, 0.05) is 0 Å². The SMILES string of the molecule is C[P+](=O)C(Cl)Cl. The lowest BCUT2D eigenvalue weighted by Gasteiger charge is -1.71. The van der Waals surface area contributed by atoms with Gasteiger partial charge >= 0.3 is 12.4 Å². The Balaban J connectivity index is 3.26. The van der Waals surface area contributed by atoms with E-state index in [9.17, 15) is 4.57 Å². The summed E-state index contributed by atoms with van der Waals surface area (Å²) < 4.78 is 9.33. The molecule has 0 saturated carbocycles. The van der Waals surface area contributed by atoms with Gasteiger partial charge in [-0.25, -0.2) is 0 Å². The predicted octanol–water partition coefficient (Wildman–Crippen LogP) is 2.20. The average Bonchev–Trinajstić information content (AvgIpc) is 1.36. The van der Waals surface area contributed by atoms with E-state index in [2.05, 4.69) is 0 Å². The van der Waals surface area contributed by atoms with Crippen LogP contribution in [0, 0.1) is 0 Å². The molecule has 1 atom stereocenters. The first-order chi connectivity index (χ1) is 2.64. The third kappa shape index (κ3) is 2.89. The molecule has 0 aliphatic carbocycles. The molecule has 0 heterocycles. The van der Waals surface area contributed by atoms with E-state index >= 15 is 0 Å². The molecule has 0 N–H and O–H groups in total. The van der Waals surface area contributed by atoms with E-state index in [1.54, 1.807) is 0 Å². The quantitative estimate of drug-likeness (QED) is 0.409. The molecule has 1 unspecified atom stereocenters. The number of hydrogen-bond donors (Lipinski definition) is 0. The van der Waals surface area contributed by atoms with Crippen LogP contribution in [0.1, 0.15) is 0 Å². The molecule has 0 aliphatic heterocycles. The molecule has 36 valence electrons. The van der Waals surface area contributed by atoms with Crippen molar-refractivity contribution < 1.29 is 4.57 Å². The highest BCUT2D eigenvalue weighted by molar-refractivity contribution is 7.49. The highest BCUT2D eigenvalue weighted by Gasteiger charge is 2.15. The van der Waals surface area contributed by atoms with Gasteiger partial charge in [-0.2, -0.15) is 0 Å². The van der Waals surface area contributed by atoms with Crippen molar-refractivity contribution in [3.8, 4) is 0 Å². The van der Waals surface area contributed by atoms with Gasteiger partial charge in [0.1, 0.15) is 6.66 Å². The van der Waals surface area contributed by atoms with Gasteiger partial charge in [0.15, 0.2) is 0 Å². The highest BCUT2D eigenvalue weighted by Crippen LogP contribution is 2.29. The lowest BCUT2D eigenvalue weighted by Crippen LogP contribution is -1.69. The second kappa shape index (κ2) is 2.79. The lowest BCUT2D eigenvalue weighted by atomic mass is 11.8. The molecular formula is C2H4Cl2OP+. The molecule has 0 amide bonds. The second-order valence-electron chi connectivity index (χ2n) is 0.824. The summed E-state index contributed by atoms with van der Waals surface area (Å²) in [6.45, 7) is 1.49. The molecular weight excluding hydrogens is 142 g/mol. The van der Waals surface area contributed by atoms with E-state index in [0.717, 1.165) is 0 Å². The van der Waals surface area contributed by atoms with E-state index in [0.29, 0.717) is 0 Å². The minimum Gasteiger partial charge on any atom is -0.0719 e. The number of rotatable bonds is 1. The fraction of sp³-hybridized carbons (Fsp3) is 1.00. The zero-order chi connectivity index (χ0) is 5.15. The Hall–Kier alpha value is 0.680. The third-order valence-corrected chi connectivity index (χ3v) is 2.47. The van der Waals surface area contributed by atoms with Crippen molar-refractivity contribution in [1.29, 1.82) is 0 Å². The molecule has 0 spiro atoms. The van der Waals surface area contributed by atoms with Crippen molar-refractivity contribution in [2.24, 2.45) is 0 Å². The van der Waals surface area contributed by atoms with Crippen LogP contribution in [0.15, 0.2) is 0 Å². The number of alkyl halides is 2. The van der Waals surface area contributed by atoms with Crippen LogP contribution < -0.4 is 0 Å². The maximum atomic E-state index is 10.0. The van der Waals surface area contributed by atoms with Crippen LogP contribution in [0.25, 0.3) is 0 Å². The van der Waals surface area contributed by atoms with Gasteiger partial charge < -0.3 is 0 Å². The van der Waals surface area contributed by atoms with E-state index in [1.807, 2.05) is 0 Å². The molecule has 0 fully saturated rings. The average molecular weight is 146 g/mol. The van der Waals surface area contributed by atoms with Crippen LogP contribution in [-0.4, -0.2) is 11.2 Å². The van der Waals surface area contributed by atoms with Gasteiger partial charge in [-0.3, -0.25) is 0 Å². The normalized spacial score (nSPS) is 12.3. The van der Waals surface area contributed by atoms with Crippen LogP contribution in [0.3, 0.4) is 0 Å². The van der Waals surface area contributed by atoms with Gasteiger partial charge in [-0.15, -0.1) is 0 Å². The van der Waals surface area contributed by atoms with E-state index in [4.69, 9.17) is 23.2 Å². The Labute approximate surface area is 47.4 Å². The van der Waals surface area contributed by atoms with Crippen LogP contribution in [0.4, 0.5) is 0 Å². The fourth-order valence-corrected chi connectivity index (χ4v) is 0. The van der Waals surface area contributed by atoms with Gasteiger partial charge in [0.25, 0.3) is 0 Å². The maximum absolute atomic E-state index is 10.0. The summed E-state index contributed by atoms with van der Waals surface area (Å²) in [5, 5.41) is 0. The molecule has 4 heteroatoms. The van der Waals surface area contributed by atoms with Crippen molar-refractivity contribution in [3.63, 3.8) is 0 Å². The summed E-state index contributed by atoms with van der Waals surface area (Å²) in [4.78, 5) is 0. The summed E-state index contributed by atoms with van der Waals surface area (Å²) >= 11 is 10.2. The van der Waals surface area contributed by atoms with Crippen molar-refractivity contribution in [2.75, 3.05) is 6.66 Å². The van der Waals surface area contributed by atoms with Crippen molar-refractivity contribution in [1.82, 2.24) is 0 Å². The van der Waals surface area contributed by atoms with Crippen molar-refractivity contribution in [2.45, 2.75) is 4.58 Å². The Morgan fingerprint density at radius 3 is 1.83 bits per heavy atom. The lowest BCUT2D eigenvalue weighted by molar-refractivity contribution is 0.592. The minimum atomic E-state index is -1.38. The van der Waals surface area contributed by atoms with Gasteiger partial charge in [-0.1, -0.05) is 4.57 Å². The van der Waals surface area contributed by atoms with E-state index < -0.39 is 12.4 Å². The molecule has 0 rings (SSSR count). The maximum Gasteiger partial charge on any atom is 0.371 e. The second-order valence-corrected chi connectivity index (χ2v) is 4.14. The Kier molecular flexibility index (Phi) is 3.10. The predicted molar refractivity (Wildman–Crippen MR) is 29.0 cm³/mol. The first-order valence-corrected chi connectivity index (χ1v) is 3.97. The first-order valence-electron chi connectivity index (χ1n) is 1.32. The monoisotopic (exact) mass is 145 g/mol. The van der Waals surface area contributed by atoms with Gasteiger partial charge in [-0.05, 0) is 23.2 Å². The summed E-state index contributed by atoms with van der Waals surface area (Å²) in [7, 11) is -1.38. The van der Waals surface area contributed by atoms with E-state index in [-0.39, 0.29) is 0 Å². The van der Waals surface area contributed by atoms with Crippen molar-refractivity contribution >= 4 is 31.0 Å². The molecule has 0 bridgehead atoms. The topological polar surface area (TPSA) is 17.1 Å². The molecule has 0 saturated heterocycles. The molecule has 6 heavy (non-hydrogen) atoms. The number of halogens is 2. The Bertz CT molecular complexity index is 62.6. The highest BCUT2D eigenvalue weighted by atomic mass is 35.5. The van der Waals surface area contributed by atoms with Gasteiger partial charge in [0.2, 0.25) is 0 Å². The largest absolute Gasteiger partial charge is 0.371 e. The summed E-state index contributed by atoms with van der Waals surface area (Å²) in [6.07, 6.45) is 0. The number of hydrogen-bond acceptors (Lipinski definition) is 1. The zero-order valence-electron chi connectivity index (χ0n) is 3.19. The molecule has 0 aromatic rings.